The van der Waals surface area contributed by atoms with Crippen LogP contribution >= 0.6 is 27.3 Å². The largest absolute Gasteiger partial charge is 0.480 e. The Hall–Kier alpha value is -2.47. The van der Waals surface area contributed by atoms with Crippen LogP contribution in [0.2, 0.25) is 0 Å². The van der Waals surface area contributed by atoms with Crippen molar-refractivity contribution in [2.45, 2.75) is 12.7 Å². The van der Waals surface area contributed by atoms with E-state index in [1.54, 1.807) is 6.07 Å². The van der Waals surface area contributed by atoms with Crippen molar-refractivity contribution in [2.24, 2.45) is 0 Å². The Labute approximate surface area is 169 Å². The zero-order chi connectivity index (χ0) is 20.5. The molecule has 148 valence electrons. The first-order valence-electron chi connectivity index (χ1n) is 7.72. The number of thiophene rings is 1. The zero-order valence-electron chi connectivity index (χ0n) is 14.6. The highest BCUT2D eigenvalue weighted by Gasteiger charge is 2.41. The van der Waals surface area contributed by atoms with E-state index < -0.39 is 23.3 Å². The minimum Gasteiger partial charge on any atom is -0.480 e. The van der Waals surface area contributed by atoms with Gasteiger partial charge >= 0.3 is 6.18 Å². The van der Waals surface area contributed by atoms with Crippen molar-refractivity contribution >= 4 is 33.2 Å². The molecule has 3 rings (SSSR count). The molecule has 0 fully saturated rings. The third kappa shape index (κ3) is 4.17. The van der Waals surface area contributed by atoms with Gasteiger partial charge in [-0.2, -0.15) is 18.3 Å². The second-order valence-corrected chi connectivity index (χ2v) is 7.55. The van der Waals surface area contributed by atoms with Crippen LogP contribution in [0.3, 0.4) is 0 Å². The van der Waals surface area contributed by atoms with Crippen LogP contribution in [0.4, 0.5) is 13.2 Å². The summed E-state index contributed by atoms with van der Waals surface area (Å²) in [4.78, 5) is 14.7. The lowest BCUT2D eigenvalue weighted by Gasteiger charge is -2.17. The van der Waals surface area contributed by atoms with Crippen LogP contribution in [0, 0.1) is 0 Å². The molecule has 0 unspecified atom stereocenters. The van der Waals surface area contributed by atoms with E-state index in [1.165, 1.54) is 42.5 Å². The maximum absolute atomic E-state index is 13.7. The third-order valence-electron chi connectivity index (χ3n) is 3.68. The van der Waals surface area contributed by atoms with Crippen molar-refractivity contribution in [3.63, 3.8) is 0 Å². The number of halogens is 4. The molecule has 12 heteroatoms. The average Bonchev–Trinajstić information content (AvgIpc) is 3.27. The molecule has 0 radical (unpaired) electrons. The van der Waals surface area contributed by atoms with Gasteiger partial charge in [0.2, 0.25) is 5.88 Å². The molecule has 28 heavy (non-hydrogen) atoms. The number of nitrogens with zero attached hydrogens (tertiary/aromatic N) is 5. The van der Waals surface area contributed by atoms with Crippen LogP contribution in [0.1, 0.15) is 20.9 Å². The molecule has 0 aliphatic carbocycles. The molecular weight excluding hydrogens is 463 g/mol. The van der Waals surface area contributed by atoms with Crippen molar-refractivity contribution in [3.8, 4) is 11.7 Å². The lowest BCUT2D eigenvalue weighted by molar-refractivity contribution is -0.143. The van der Waals surface area contributed by atoms with Gasteiger partial charge in [-0.15, -0.1) is 21.5 Å². The molecule has 0 atom stereocenters. The van der Waals surface area contributed by atoms with Gasteiger partial charge in [0.25, 0.3) is 5.91 Å². The SMILES string of the molecule is COc1ccc(-n2ncc(C(=O)N(C)Cc3cc(Br)cs3)c2C(F)(F)F)nn1. The highest BCUT2D eigenvalue weighted by atomic mass is 79.9. The van der Waals surface area contributed by atoms with Crippen LogP contribution in [0.25, 0.3) is 5.82 Å². The van der Waals surface area contributed by atoms with E-state index in [2.05, 4.69) is 31.2 Å². The predicted molar refractivity (Wildman–Crippen MR) is 98.5 cm³/mol. The van der Waals surface area contributed by atoms with Crippen molar-refractivity contribution < 1.29 is 22.7 Å². The normalized spacial score (nSPS) is 11.5. The van der Waals surface area contributed by atoms with E-state index in [9.17, 15) is 18.0 Å². The van der Waals surface area contributed by atoms with Gasteiger partial charge in [-0.1, -0.05) is 0 Å². The minimum atomic E-state index is -4.82. The summed E-state index contributed by atoms with van der Waals surface area (Å²) >= 11 is 4.70. The first-order valence-corrected chi connectivity index (χ1v) is 9.39. The minimum absolute atomic E-state index is 0.141. The van der Waals surface area contributed by atoms with E-state index in [0.29, 0.717) is 4.68 Å². The second kappa shape index (κ2) is 7.87. The molecule has 0 aliphatic heterocycles. The molecule has 0 spiro atoms. The maximum Gasteiger partial charge on any atom is 0.434 e. The van der Waals surface area contributed by atoms with Crippen molar-refractivity contribution in [1.82, 2.24) is 24.9 Å². The Morgan fingerprint density at radius 2 is 2.11 bits per heavy atom. The van der Waals surface area contributed by atoms with Gasteiger partial charge in [0.15, 0.2) is 11.5 Å². The zero-order valence-corrected chi connectivity index (χ0v) is 17.0. The first-order chi connectivity index (χ1) is 13.2. The molecule has 1 amide bonds. The standard InChI is InChI=1S/C16H13BrF3N5O2S/c1-24(7-10-5-9(17)8-28-10)15(26)11-6-21-25(14(11)16(18,19)20)12-3-4-13(27-2)23-22-12/h3-6,8H,7H2,1-2H3. The van der Waals surface area contributed by atoms with Gasteiger partial charge in [0, 0.05) is 27.8 Å². The van der Waals surface area contributed by atoms with E-state index >= 15 is 0 Å². The molecule has 0 bridgehead atoms. The molecular formula is C16H13BrF3N5O2S. The number of methoxy groups -OCH3 is 1. The Kier molecular flexibility index (Phi) is 5.70. The van der Waals surface area contributed by atoms with Crippen molar-refractivity contribution in [1.29, 1.82) is 0 Å². The molecule has 0 saturated heterocycles. The lowest BCUT2D eigenvalue weighted by atomic mass is 10.2. The molecule has 0 aliphatic rings. The summed E-state index contributed by atoms with van der Waals surface area (Å²) in [6.45, 7) is 0.167. The Balaban J connectivity index is 1.96. The summed E-state index contributed by atoms with van der Waals surface area (Å²) < 4.78 is 47.4. The van der Waals surface area contributed by atoms with Crippen LogP contribution in [0.15, 0.2) is 34.2 Å². The van der Waals surface area contributed by atoms with Gasteiger partial charge in [-0.3, -0.25) is 4.79 Å². The number of hydrogen-bond acceptors (Lipinski definition) is 6. The molecule has 0 aromatic carbocycles. The smallest absolute Gasteiger partial charge is 0.434 e. The number of rotatable bonds is 5. The van der Waals surface area contributed by atoms with E-state index in [4.69, 9.17) is 4.74 Å². The Bertz CT molecular complexity index is 987. The molecule has 3 aromatic heterocycles. The summed E-state index contributed by atoms with van der Waals surface area (Å²) in [6, 6.07) is 4.43. The number of carbonyl (C=O) groups is 1. The number of hydrogen-bond donors (Lipinski definition) is 0. The third-order valence-corrected chi connectivity index (χ3v) is 5.36. The second-order valence-electron chi connectivity index (χ2n) is 5.64. The average molecular weight is 476 g/mol. The van der Waals surface area contributed by atoms with Gasteiger partial charge in [-0.25, -0.2) is 4.68 Å². The van der Waals surface area contributed by atoms with E-state index in [-0.39, 0.29) is 18.2 Å². The molecule has 3 heterocycles. The molecule has 0 N–H and O–H groups in total. The highest BCUT2D eigenvalue weighted by Crippen LogP contribution is 2.34. The predicted octanol–water partition coefficient (Wildman–Crippen LogP) is 3.79. The fraction of sp³-hybridized carbons (Fsp3) is 0.250. The molecule has 3 aromatic rings. The first kappa shape index (κ1) is 20.3. The highest BCUT2D eigenvalue weighted by molar-refractivity contribution is 9.10. The summed E-state index contributed by atoms with van der Waals surface area (Å²) in [5.41, 5.74) is -1.78. The topological polar surface area (TPSA) is 73.1 Å². The van der Waals surface area contributed by atoms with E-state index in [0.717, 1.165) is 15.5 Å². The van der Waals surface area contributed by atoms with Crippen LogP contribution in [-0.4, -0.2) is 44.9 Å². The lowest BCUT2D eigenvalue weighted by Crippen LogP contribution is -2.28. The summed E-state index contributed by atoms with van der Waals surface area (Å²) in [6.07, 6.45) is -3.94. The summed E-state index contributed by atoms with van der Waals surface area (Å²) in [7, 11) is 2.79. The molecule has 7 nitrogen and oxygen atoms in total. The number of aromatic nitrogens is 4. The summed E-state index contributed by atoms with van der Waals surface area (Å²) in [5, 5.41) is 12.9. The van der Waals surface area contributed by atoms with Crippen LogP contribution < -0.4 is 4.74 Å². The Morgan fingerprint density at radius 1 is 1.36 bits per heavy atom. The van der Waals surface area contributed by atoms with Crippen molar-refractivity contribution in [3.05, 3.63) is 50.4 Å². The number of amides is 1. The maximum atomic E-state index is 13.7. The molecule has 0 saturated carbocycles. The fourth-order valence-corrected chi connectivity index (χ4v) is 3.94. The quantitative estimate of drug-likeness (QED) is 0.561. The van der Waals surface area contributed by atoms with Crippen LogP contribution in [0.5, 0.6) is 5.88 Å². The van der Waals surface area contributed by atoms with Gasteiger partial charge in [0.1, 0.15) is 0 Å². The van der Waals surface area contributed by atoms with E-state index in [1.807, 2.05) is 5.38 Å². The summed E-state index contributed by atoms with van der Waals surface area (Å²) in [5.74, 6) is -0.843. The van der Waals surface area contributed by atoms with Gasteiger partial charge in [-0.05, 0) is 28.1 Å². The Morgan fingerprint density at radius 3 is 2.64 bits per heavy atom. The van der Waals surface area contributed by atoms with Crippen molar-refractivity contribution in [2.75, 3.05) is 14.2 Å². The van der Waals surface area contributed by atoms with Gasteiger partial charge in [0.05, 0.1) is 25.4 Å². The number of alkyl halides is 3. The number of carbonyl (C=O) groups excluding carboxylic acids is 1. The van der Waals surface area contributed by atoms with Gasteiger partial charge < -0.3 is 9.64 Å². The monoisotopic (exact) mass is 475 g/mol. The van der Waals surface area contributed by atoms with Crippen LogP contribution in [-0.2, 0) is 12.7 Å². The fourth-order valence-electron chi connectivity index (χ4n) is 2.43. The number of ether oxygens (including phenoxy) is 1.